The first kappa shape index (κ1) is 14.1. The molecule has 1 amide bonds. The lowest BCUT2D eigenvalue weighted by Crippen LogP contribution is -2.40. The summed E-state index contributed by atoms with van der Waals surface area (Å²) in [6.45, 7) is 0.688. The van der Waals surface area contributed by atoms with Crippen molar-refractivity contribution in [2.75, 3.05) is 12.0 Å². The Morgan fingerprint density at radius 3 is 2.71 bits per heavy atom. The van der Waals surface area contributed by atoms with Crippen molar-refractivity contribution in [2.24, 2.45) is 5.73 Å². The Kier molecular flexibility index (Phi) is 6.74. The Labute approximate surface area is 107 Å². The van der Waals surface area contributed by atoms with Crippen LogP contribution in [0.4, 0.5) is 0 Å². The molecule has 1 rings (SSSR count). The van der Waals surface area contributed by atoms with Gasteiger partial charge in [0.05, 0.1) is 6.04 Å². The number of thioether (sulfide) groups is 1. The molecule has 0 aliphatic rings. The van der Waals surface area contributed by atoms with E-state index in [0.717, 1.165) is 18.6 Å². The number of carbonyl (C=O) groups is 1. The quantitative estimate of drug-likeness (QED) is 0.693. The normalized spacial score (nSPS) is 12.3. The zero-order valence-corrected chi connectivity index (χ0v) is 11.0. The van der Waals surface area contributed by atoms with Gasteiger partial charge in [-0.3, -0.25) is 4.79 Å². The lowest BCUT2D eigenvalue weighted by Gasteiger charge is -2.15. The molecule has 0 radical (unpaired) electrons. The highest BCUT2D eigenvalue weighted by Crippen LogP contribution is 2.05. The molecule has 0 fully saturated rings. The van der Waals surface area contributed by atoms with Crippen LogP contribution in [0.3, 0.4) is 0 Å². The monoisotopic (exact) mass is 252 g/mol. The number of carbonyl (C=O) groups excluding carboxylic acids is 1. The molecule has 1 aromatic rings. The maximum Gasteiger partial charge on any atom is 0.234 e. The summed E-state index contributed by atoms with van der Waals surface area (Å²) in [6, 6.07) is 9.81. The highest BCUT2D eigenvalue weighted by Gasteiger charge is 2.13. The lowest BCUT2D eigenvalue weighted by atomic mass is 10.1. The maximum atomic E-state index is 11.3. The molecule has 0 saturated heterocycles. The van der Waals surface area contributed by atoms with Crippen LogP contribution in [0.1, 0.15) is 18.4 Å². The molecule has 0 aliphatic heterocycles. The van der Waals surface area contributed by atoms with Gasteiger partial charge in [0.2, 0.25) is 5.91 Å². The number of benzene rings is 1. The third-order valence-corrected chi connectivity index (χ3v) is 3.28. The second-order valence-electron chi connectivity index (χ2n) is 3.96. The van der Waals surface area contributed by atoms with E-state index in [1.807, 2.05) is 30.3 Å². The van der Waals surface area contributed by atoms with Crippen molar-refractivity contribution in [3.05, 3.63) is 35.9 Å². The van der Waals surface area contributed by atoms with E-state index < -0.39 is 0 Å². The summed E-state index contributed by atoms with van der Waals surface area (Å²) < 4.78 is 0. The van der Waals surface area contributed by atoms with Crippen LogP contribution < -0.4 is 11.1 Å². The predicted octanol–water partition coefficient (Wildman–Crippen LogP) is 1.77. The number of rotatable bonds is 8. The topological polar surface area (TPSA) is 55.1 Å². The van der Waals surface area contributed by atoms with Crippen molar-refractivity contribution in [3.8, 4) is 0 Å². The summed E-state index contributed by atoms with van der Waals surface area (Å²) in [7, 11) is 0. The number of hydrogen-bond acceptors (Lipinski definition) is 3. The van der Waals surface area contributed by atoms with E-state index in [4.69, 9.17) is 5.73 Å². The van der Waals surface area contributed by atoms with Crippen molar-refractivity contribution in [2.45, 2.75) is 25.4 Å². The Hall–Kier alpha value is -1.00. The SMILES string of the molecule is CSCCCC(NCc1ccccc1)C(N)=O. The Morgan fingerprint density at radius 1 is 1.41 bits per heavy atom. The molecule has 17 heavy (non-hydrogen) atoms. The molecule has 94 valence electrons. The van der Waals surface area contributed by atoms with Crippen LogP contribution >= 0.6 is 11.8 Å². The Balaban J connectivity index is 2.36. The van der Waals surface area contributed by atoms with Gasteiger partial charge in [0.15, 0.2) is 0 Å². The Morgan fingerprint density at radius 2 is 2.12 bits per heavy atom. The van der Waals surface area contributed by atoms with E-state index in [2.05, 4.69) is 11.6 Å². The summed E-state index contributed by atoms with van der Waals surface area (Å²) in [5.74, 6) is 0.804. The van der Waals surface area contributed by atoms with Crippen molar-refractivity contribution in [3.63, 3.8) is 0 Å². The van der Waals surface area contributed by atoms with Crippen LogP contribution in [-0.2, 0) is 11.3 Å². The molecule has 4 heteroatoms. The first-order chi connectivity index (χ1) is 8.24. The minimum atomic E-state index is -0.262. The minimum Gasteiger partial charge on any atom is -0.368 e. The van der Waals surface area contributed by atoms with Crippen LogP contribution in [0.25, 0.3) is 0 Å². The second-order valence-corrected chi connectivity index (χ2v) is 4.94. The van der Waals surface area contributed by atoms with E-state index in [9.17, 15) is 4.79 Å². The van der Waals surface area contributed by atoms with Crippen molar-refractivity contribution in [1.29, 1.82) is 0 Å². The van der Waals surface area contributed by atoms with E-state index in [0.29, 0.717) is 6.54 Å². The molecule has 1 atom stereocenters. The van der Waals surface area contributed by atoms with Crippen LogP contribution in [0.5, 0.6) is 0 Å². The van der Waals surface area contributed by atoms with Gasteiger partial charge in [-0.05, 0) is 30.4 Å². The molecule has 0 saturated carbocycles. The van der Waals surface area contributed by atoms with Crippen molar-refractivity contribution >= 4 is 17.7 Å². The average molecular weight is 252 g/mol. The third kappa shape index (κ3) is 5.75. The van der Waals surface area contributed by atoms with Gasteiger partial charge < -0.3 is 11.1 Å². The van der Waals surface area contributed by atoms with Gasteiger partial charge >= 0.3 is 0 Å². The molecule has 1 aromatic carbocycles. The van der Waals surface area contributed by atoms with Crippen LogP contribution in [0, 0.1) is 0 Å². The number of hydrogen-bond donors (Lipinski definition) is 2. The minimum absolute atomic E-state index is 0.220. The first-order valence-corrected chi connectivity index (χ1v) is 7.19. The lowest BCUT2D eigenvalue weighted by molar-refractivity contribution is -0.120. The molecule has 0 aromatic heterocycles. The highest BCUT2D eigenvalue weighted by molar-refractivity contribution is 7.98. The second kappa shape index (κ2) is 8.14. The van der Waals surface area contributed by atoms with Gasteiger partial charge in [0.1, 0.15) is 0 Å². The number of nitrogens with two attached hydrogens (primary N) is 1. The molecule has 0 aliphatic carbocycles. The van der Waals surface area contributed by atoms with E-state index in [1.54, 1.807) is 11.8 Å². The summed E-state index contributed by atoms with van der Waals surface area (Å²) >= 11 is 1.79. The molecule has 1 unspecified atom stereocenters. The fraction of sp³-hybridized carbons (Fsp3) is 0.462. The van der Waals surface area contributed by atoms with Gasteiger partial charge in [-0.2, -0.15) is 11.8 Å². The number of primary amides is 1. The standard InChI is InChI=1S/C13H20N2OS/c1-17-9-5-8-12(13(14)16)15-10-11-6-3-2-4-7-11/h2-4,6-7,12,15H,5,8-10H2,1H3,(H2,14,16). The molecule has 0 bridgehead atoms. The largest absolute Gasteiger partial charge is 0.368 e. The molecular weight excluding hydrogens is 232 g/mol. The predicted molar refractivity (Wildman–Crippen MR) is 73.9 cm³/mol. The molecule has 3 nitrogen and oxygen atoms in total. The molecular formula is C13H20N2OS. The summed E-state index contributed by atoms with van der Waals surface area (Å²) in [5, 5.41) is 3.21. The van der Waals surface area contributed by atoms with E-state index in [1.165, 1.54) is 5.56 Å². The van der Waals surface area contributed by atoms with Gasteiger partial charge in [0.25, 0.3) is 0 Å². The van der Waals surface area contributed by atoms with Gasteiger partial charge in [-0.1, -0.05) is 30.3 Å². The summed E-state index contributed by atoms with van der Waals surface area (Å²) in [4.78, 5) is 11.3. The van der Waals surface area contributed by atoms with Crippen LogP contribution in [-0.4, -0.2) is 24.0 Å². The molecule has 3 N–H and O–H groups in total. The number of nitrogens with one attached hydrogen (secondary N) is 1. The third-order valence-electron chi connectivity index (χ3n) is 2.58. The first-order valence-electron chi connectivity index (χ1n) is 5.79. The van der Waals surface area contributed by atoms with Gasteiger partial charge in [-0.15, -0.1) is 0 Å². The fourth-order valence-corrected chi connectivity index (χ4v) is 2.07. The van der Waals surface area contributed by atoms with E-state index >= 15 is 0 Å². The zero-order chi connectivity index (χ0) is 12.5. The van der Waals surface area contributed by atoms with Crippen LogP contribution in [0.2, 0.25) is 0 Å². The van der Waals surface area contributed by atoms with Gasteiger partial charge in [0, 0.05) is 6.54 Å². The molecule has 0 spiro atoms. The zero-order valence-electron chi connectivity index (χ0n) is 10.2. The summed E-state index contributed by atoms with van der Waals surface area (Å²) in [6.07, 6.45) is 3.89. The van der Waals surface area contributed by atoms with Gasteiger partial charge in [-0.25, -0.2) is 0 Å². The fourth-order valence-electron chi connectivity index (χ4n) is 1.61. The van der Waals surface area contributed by atoms with Crippen molar-refractivity contribution < 1.29 is 4.79 Å². The van der Waals surface area contributed by atoms with Crippen LogP contribution in [0.15, 0.2) is 30.3 Å². The number of amides is 1. The van der Waals surface area contributed by atoms with E-state index in [-0.39, 0.29) is 11.9 Å². The molecule has 0 heterocycles. The Bertz CT molecular complexity index is 329. The van der Waals surface area contributed by atoms with Crippen molar-refractivity contribution in [1.82, 2.24) is 5.32 Å². The maximum absolute atomic E-state index is 11.3. The smallest absolute Gasteiger partial charge is 0.234 e. The summed E-state index contributed by atoms with van der Waals surface area (Å²) in [5.41, 5.74) is 6.54. The highest BCUT2D eigenvalue weighted by atomic mass is 32.2. The average Bonchev–Trinajstić information content (AvgIpc) is 2.34.